The van der Waals surface area contributed by atoms with Gasteiger partial charge in [-0.25, -0.2) is 4.39 Å². The van der Waals surface area contributed by atoms with Gasteiger partial charge in [-0.1, -0.05) is 23.2 Å². The number of hydrogen-bond acceptors (Lipinski definition) is 2. The van der Waals surface area contributed by atoms with Gasteiger partial charge in [0.15, 0.2) is 5.75 Å². The van der Waals surface area contributed by atoms with Crippen LogP contribution in [-0.2, 0) is 0 Å². The molecule has 2 rings (SSSR count). The molecule has 0 spiro atoms. The molecule has 1 amide bonds. The molecule has 0 aliphatic rings. The fourth-order valence-corrected chi connectivity index (χ4v) is 2.11. The van der Waals surface area contributed by atoms with Crippen molar-refractivity contribution in [2.24, 2.45) is 0 Å². The van der Waals surface area contributed by atoms with Gasteiger partial charge in [0.05, 0.1) is 10.0 Å². The fraction of sp³-hybridized carbons (Fsp3) is 0.0714. The number of amides is 1. The highest BCUT2D eigenvalue weighted by atomic mass is 35.5. The molecule has 3 nitrogen and oxygen atoms in total. The Hall–Kier alpha value is -1.78. The number of phenolic OH excluding ortho intramolecular Hbond substituents is 1. The largest absolute Gasteiger partial charge is 0.505 e. The zero-order chi connectivity index (χ0) is 14.9. The summed E-state index contributed by atoms with van der Waals surface area (Å²) in [7, 11) is 0. The molecule has 0 bridgehead atoms. The summed E-state index contributed by atoms with van der Waals surface area (Å²) < 4.78 is 13.1. The minimum absolute atomic E-state index is 0.0306. The van der Waals surface area contributed by atoms with Crippen molar-refractivity contribution in [3.8, 4) is 5.75 Å². The number of aromatic hydroxyl groups is 1. The lowest BCUT2D eigenvalue weighted by molar-refractivity contribution is 0.102. The Morgan fingerprint density at radius 3 is 2.35 bits per heavy atom. The summed E-state index contributed by atoms with van der Waals surface area (Å²) in [5.41, 5.74) is 1.02. The highest BCUT2D eigenvalue weighted by Crippen LogP contribution is 2.34. The SMILES string of the molecule is Cc1cc(C(=O)Nc2cc(Cl)c(O)c(Cl)c2)ccc1F. The molecule has 0 fully saturated rings. The van der Waals surface area contributed by atoms with Gasteiger partial charge in [0, 0.05) is 11.3 Å². The number of halogens is 3. The number of phenols is 1. The third-order valence-corrected chi connectivity index (χ3v) is 3.27. The molecule has 0 aliphatic carbocycles. The molecule has 0 atom stereocenters. The van der Waals surface area contributed by atoms with Crippen LogP contribution in [0, 0.1) is 12.7 Å². The molecule has 0 unspecified atom stereocenters. The van der Waals surface area contributed by atoms with Crippen molar-refractivity contribution in [3.63, 3.8) is 0 Å². The van der Waals surface area contributed by atoms with E-state index in [4.69, 9.17) is 23.2 Å². The third-order valence-electron chi connectivity index (χ3n) is 2.69. The Balaban J connectivity index is 2.25. The summed E-state index contributed by atoms with van der Waals surface area (Å²) >= 11 is 11.5. The van der Waals surface area contributed by atoms with Gasteiger partial charge >= 0.3 is 0 Å². The van der Waals surface area contributed by atoms with E-state index in [2.05, 4.69) is 5.32 Å². The number of anilines is 1. The second-order valence-electron chi connectivity index (χ2n) is 4.21. The van der Waals surface area contributed by atoms with E-state index in [1.54, 1.807) is 6.92 Å². The maximum absolute atomic E-state index is 13.1. The van der Waals surface area contributed by atoms with E-state index in [9.17, 15) is 14.3 Å². The molecule has 2 aromatic rings. The molecule has 20 heavy (non-hydrogen) atoms. The minimum Gasteiger partial charge on any atom is -0.505 e. The van der Waals surface area contributed by atoms with E-state index in [1.807, 2.05) is 0 Å². The van der Waals surface area contributed by atoms with Gasteiger partial charge in [0.25, 0.3) is 5.91 Å². The number of hydrogen-bond donors (Lipinski definition) is 2. The first-order chi connectivity index (χ1) is 9.38. The van der Waals surface area contributed by atoms with E-state index in [0.717, 1.165) is 0 Å². The second-order valence-corrected chi connectivity index (χ2v) is 5.02. The van der Waals surface area contributed by atoms with Gasteiger partial charge < -0.3 is 10.4 Å². The van der Waals surface area contributed by atoms with Crippen molar-refractivity contribution in [2.75, 3.05) is 5.32 Å². The maximum Gasteiger partial charge on any atom is 0.255 e. The first-order valence-corrected chi connectivity index (χ1v) is 6.39. The van der Waals surface area contributed by atoms with Crippen LogP contribution >= 0.6 is 23.2 Å². The van der Waals surface area contributed by atoms with E-state index in [-0.39, 0.29) is 21.6 Å². The number of aryl methyl sites for hydroxylation is 1. The standard InChI is InChI=1S/C14H10Cl2FNO2/c1-7-4-8(2-3-12(7)17)14(20)18-9-5-10(15)13(19)11(16)6-9/h2-6,19H,1H3,(H,18,20). The van der Waals surface area contributed by atoms with Gasteiger partial charge in [-0.05, 0) is 42.8 Å². The first-order valence-electron chi connectivity index (χ1n) is 5.64. The van der Waals surface area contributed by atoms with Crippen LogP contribution in [0.4, 0.5) is 10.1 Å². The van der Waals surface area contributed by atoms with E-state index in [1.165, 1.54) is 30.3 Å². The summed E-state index contributed by atoms with van der Waals surface area (Å²) in [6, 6.07) is 6.78. The Labute approximate surface area is 124 Å². The summed E-state index contributed by atoms with van der Waals surface area (Å²) in [5, 5.41) is 12.1. The molecule has 6 heteroatoms. The van der Waals surface area contributed by atoms with Crippen LogP contribution in [-0.4, -0.2) is 11.0 Å². The lowest BCUT2D eigenvalue weighted by Gasteiger charge is -2.08. The average Bonchev–Trinajstić information content (AvgIpc) is 2.39. The Kier molecular flexibility index (Phi) is 4.16. The molecule has 0 radical (unpaired) electrons. The molecule has 0 aromatic heterocycles. The molecule has 2 aromatic carbocycles. The van der Waals surface area contributed by atoms with Crippen molar-refractivity contribution in [1.82, 2.24) is 0 Å². The summed E-state index contributed by atoms with van der Waals surface area (Å²) in [4.78, 5) is 12.0. The van der Waals surface area contributed by atoms with E-state index >= 15 is 0 Å². The van der Waals surface area contributed by atoms with E-state index in [0.29, 0.717) is 16.8 Å². The van der Waals surface area contributed by atoms with Crippen LogP contribution in [0.3, 0.4) is 0 Å². The molecular weight excluding hydrogens is 304 g/mol. The highest BCUT2D eigenvalue weighted by Gasteiger charge is 2.11. The predicted octanol–water partition coefficient (Wildman–Crippen LogP) is 4.40. The lowest BCUT2D eigenvalue weighted by Crippen LogP contribution is -2.12. The highest BCUT2D eigenvalue weighted by molar-refractivity contribution is 6.37. The van der Waals surface area contributed by atoms with Crippen molar-refractivity contribution >= 4 is 34.8 Å². The molecule has 2 N–H and O–H groups in total. The van der Waals surface area contributed by atoms with Crippen molar-refractivity contribution in [1.29, 1.82) is 0 Å². The molecule has 104 valence electrons. The Bertz CT molecular complexity index is 666. The van der Waals surface area contributed by atoms with Gasteiger partial charge in [-0.2, -0.15) is 0 Å². The smallest absolute Gasteiger partial charge is 0.255 e. The second kappa shape index (κ2) is 5.69. The van der Waals surface area contributed by atoms with Crippen LogP contribution in [0.5, 0.6) is 5.75 Å². The molecule has 0 heterocycles. The predicted molar refractivity (Wildman–Crippen MR) is 77.2 cm³/mol. The lowest BCUT2D eigenvalue weighted by atomic mass is 10.1. The zero-order valence-corrected chi connectivity index (χ0v) is 11.9. The minimum atomic E-state index is -0.425. The van der Waals surface area contributed by atoms with Gasteiger partial charge in [-0.15, -0.1) is 0 Å². The van der Waals surface area contributed by atoms with Crippen LogP contribution < -0.4 is 5.32 Å². The number of nitrogens with one attached hydrogen (secondary N) is 1. The van der Waals surface area contributed by atoms with Crippen LogP contribution in [0.25, 0.3) is 0 Å². The third kappa shape index (κ3) is 3.03. The van der Waals surface area contributed by atoms with Crippen molar-refractivity contribution in [2.45, 2.75) is 6.92 Å². The molecule has 0 aliphatic heterocycles. The number of carbonyl (C=O) groups is 1. The van der Waals surface area contributed by atoms with Crippen LogP contribution in [0.15, 0.2) is 30.3 Å². The number of benzene rings is 2. The van der Waals surface area contributed by atoms with Crippen molar-refractivity contribution in [3.05, 3.63) is 57.3 Å². The Morgan fingerprint density at radius 1 is 1.20 bits per heavy atom. The fourth-order valence-electron chi connectivity index (χ4n) is 1.63. The normalized spacial score (nSPS) is 10.4. The Morgan fingerprint density at radius 2 is 1.80 bits per heavy atom. The van der Waals surface area contributed by atoms with Crippen LogP contribution in [0.1, 0.15) is 15.9 Å². The van der Waals surface area contributed by atoms with E-state index < -0.39 is 5.91 Å². The maximum atomic E-state index is 13.1. The molecule has 0 saturated heterocycles. The summed E-state index contributed by atoms with van der Waals surface area (Å²) in [6.45, 7) is 1.57. The quantitative estimate of drug-likeness (QED) is 0.807. The van der Waals surface area contributed by atoms with Gasteiger partial charge in [-0.3, -0.25) is 4.79 Å². The number of carbonyl (C=O) groups excluding carboxylic acids is 1. The monoisotopic (exact) mass is 313 g/mol. The molecule has 0 saturated carbocycles. The zero-order valence-electron chi connectivity index (χ0n) is 10.4. The average molecular weight is 314 g/mol. The van der Waals surface area contributed by atoms with Crippen LogP contribution in [0.2, 0.25) is 10.0 Å². The van der Waals surface area contributed by atoms with Gasteiger partial charge in [0.1, 0.15) is 5.82 Å². The van der Waals surface area contributed by atoms with Crippen molar-refractivity contribution < 1.29 is 14.3 Å². The summed E-state index contributed by atoms with van der Waals surface area (Å²) in [5.74, 6) is -1.05. The summed E-state index contributed by atoms with van der Waals surface area (Å²) in [6.07, 6.45) is 0. The topological polar surface area (TPSA) is 49.3 Å². The number of rotatable bonds is 2. The first kappa shape index (κ1) is 14.6. The van der Waals surface area contributed by atoms with Gasteiger partial charge in [0.2, 0.25) is 0 Å². The molecular formula is C14H10Cl2FNO2.